The van der Waals surface area contributed by atoms with Gasteiger partial charge in [0.2, 0.25) is 0 Å². The molecule has 0 bridgehead atoms. The van der Waals surface area contributed by atoms with Gasteiger partial charge in [-0.15, -0.1) is 0 Å². The molecule has 2 N–H and O–H groups in total. The van der Waals surface area contributed by atoms with Crippen molar-refractivity contribution in [2.75, 3.05) is 13.7 Å². The van der Waals surface area contributed by atoms with E-state index in [2.05, 4.69) is 12.2 Å². The van der Waals surface area contributed by atoms with E-state index in [0.29, 0.717) is 12.6 Å². The van der Waals surface area contributed by atoms with E-state index in [-0.39, 0.29) is 0 Å². The molecule has 19 heavy (non-hydrogen) atoms. The molecule has 1 aliphatic rings. The van der Waals surface area contributed by atoms with Crippen LogP contribution in [0.15, 0.2) is 18.2 Å². The van der Waals surface area contributed by atoms with Crippen LogP contribution in [-0.2, 0) is 0 Å². The van der Waals surface area contributed by atoms with Crippen LogP contribution in [0, 0.1) is 12.8 Å². The van der Waals surface area contributed by atoms with Crippen LogP contribution in [0.1, 0.15) is 43.4 Å². The lowest BCUT2D eigenvalue weighted by molar-refractivity contribution is 0.165. The summed E-state index contributed by atoms with van der Waals surface area (Å²) in [5.74, 6) is 1.57. The van der Waals surface area contributed by atoms with Crippen molar-refractivity contribution in [3.63, 3.8) is 0 Å². The van der Waals surface area contributed by atoms with Crippen LogP contribution >= 0.6 is 0 Å². The van der Waals surface area contributed by atoms with E-state index >= 15 is 0 Å². The normalized spacial score (nSPS) is 24.4. The van der Waals surface area contributed by atoms with Gasteiger partial charge in [-0.1, -0.05) is 18.6 Å². The van der Waals surface area contributed by atoms with Crippen LogP contribution in [0.5, 0.6) is 5.75 Å². The molecule has 106 valence electrons. The lowest BCUT2D eigenvalue weighted by Crippen LogP contribution is -2.30. The maximum Gasteiger partial charge on any atom is 0.124 e. The van der Waals surface area contributed by atoms with Crippen molar-refractivity contribution < 1.29 is 9.84 Å². The van der Waals surface area contributed by atoms with E-state index < -0.39 is 6.10 Å². The zero-order valence-corrected chi connectivity index (χ0v) is 12.1. The molecule has 1 saturated carbocycles. The Balaban J connectivity index is 1.95. The van der Waals surface area contributed by atoms with Gasteiger partial charge in [0.05, 0.1) is 13.2 Å². The van der Waals surface area contributed by atoms with E-state index in [9.17, 15) is 5.11 Å². The third kappa shape index (κ3) is 3.71. The van der Waals surface area contributed by atoms with Gasteiger partial charge in [-0.2, -0.15) is 0 Å². The molecule has 1 fully saturated rings. The number of nitrogens with one attached hydrogen (secondary N) is 1. The molecule has 2 rings (SSSR count). The largest absolute Gasteiger partial charge is 0.496 e. The maximum absolute atomic E-state index is 10.3. The first-order chi connectivity index (χ1) is 9.10. The molecule has 0 aliphatic heterocycles. The van der Waals surface area contributed by atoms with Crippen molar-refractivity contribution in [1.82, 2.24) is 5.32 Å². The molecule has 3 atom stereocenters. The Kier molecular flexibility index (Phi) is 4.83. The molecule has 0 amide bonds. The molecule has 3 unspecified atom stereocenters. The van der Waals surface area contributed by atoms with E-state index in [4.69, 9.17) is 4.74 Å². The summed E-state index contributed by atoms with van der Waals surface area (Å²) in [5, 5.41) is 13.8. The third-order valence-electron chi connectivity index (χ3n) is 4.04. The highest BCUT2D eigenvalue weighted by atomic mass is 16.5. The Morgan fingerprint density at radius 1 is 1.42 bits per heavy atom. The van der Waals surface area contributed by atoms with Gasteiger partial charge in [0, 0.05) is 18.2 Å². The van der Waals surface area contributed by atoms with Crippen molar-refractivity contribution in [2.45, 2.75) is 45.3 Å². The van der Waals surface area contributed by atoms with Gasteiger partial charge >= 0.3 is 0 Å². The number of aryl methyl sites for hydroxylation is 1. The fourth-order valence-corrected chi connectivity index (χ4v) is 2.89. The summed E-state index contributed by atoms with van der Waals surface area (Å²) in [4.78, 5) is 0. The minimum atomic E-state index is -0.509. The summed E-state index contributed by atoms with van der Waals surface area (Å²) >= 11 is 0. The van der Waals surface area contributed by atoms with E-state index in [1.165, 1.54) is 19.3 Å². The van der Waals surface area contributed by atoms with Crippen LogP contribution in [0.4, 0.5) is 0 Å². The Labute approximate surface area is 116 Å². The van der Waals surface area contributed by atoms with Crippen LogP contribution < -0.4 is 10.1 Å². The van der Waals surface area contributed by atoms with Crippen LogP contribution in [0.25, 0.3) is 0 Å². The quantitative estimate of drug-likeness (QED) is 0.858. The second kappa shape index (κ2) is 6.40. The Bertz CT molecular complexity index is 419. The summed E-state index contributed by atoms with van der Waals surface area (Å²) in [6, 6.07) is 6.48. The molecule has 0 spiro atoms. The SMILES string of the molecule is COc1ccc(C)cc1C(O)CNC1CCC(C)C1. The number of benzene rings is 1. The zero-order chi connectivity index (χ0) is 13.8. The Hall–Kier alpha value is -1.06. The molecule has 1 aromatic rings. The first-order valence-corrected chi connectivity index (χ1v) is 7.16. The second-order valence-corrected chi connectivity index (χ2v) is 5.78. The number of methoxy groups -OCH3 is 1. The predicted octanol–water partition coefficient (Wildman–Crippen LogP) is 2.82. The number of aliphatic hydroxyl groups is 1. The third-order valence-corrected chi connectivity index (χ3v) is 4.04. The summed E-state index contributed by atoms with van der Waals surface area (Å²) in [7, 11) is 1.65. The summed E-state index contributed by atoms with van der Waals surface area (Å²) in [6.45, 7) is 4.92. The van der Waals surface area contributed by atoms with E-state index in [0.717, 1.165) is 22.8 Å². The lowest BCUT2D eigenvalue weighted by Gasteiger charge is -2.19. The average molecular weight is 263 g/mol. The summed E-state index contributed by atoms with van der Waals surface area (Å²) in [6.07, 6.45) is 3.23. The molecular formula is C16H25NO2. The highest BCUT2D eigenvalue weighted by molar-refractivity contribution is 5.38. The zero-order valence-electron chi connectivity index (χ0n) is 12.1. The van der Waals surface area contributed by atoms with Crippen LogP contribution in [0.3, 0.4) is 0 Å². The molecular weight excluding hydrogens is 238 g/mol. The van der Waals surface area contributed by atoms with Crippen LogP contribution in [0.2, 0.25) is 0 Å². The molecule has 0 aromatic heterocycles. The summed E-state index contributed by atoms with van der Waals surface area (Å²) < 4.78 is 5.32. The molecule has 0 saturated heterocycles. The highest BCUT2D eigenvalue weighted by Crippen LogP contribution is 2.28. The van der Waals surface area contributed by atoms with Gasteiger partial charge in [0.25, 0.3) is 0 Å². The Morgan fingerprint density at radius 2 is 2.21 bits per heavy atom. The van der Waals surface area contributed by atoms with Crippen molar-refractivity contribution in [1.29, 1.82) is 0 Å². The predicted molar refractivity (Wildman–Crippen MR) is 77.5 cm³/mol. The highest BCUT2D eigenvalue weighted by Gasteiger charge is 2.22. The van der Waals surface area contributed by atoms with Crippen molar-refractivity contribution >= 4 is 0 Å². The number of ether oxygens (including phenoxy) is 1. The maximum atomic E-state index is 10.3. The molecule has 1 aliphatic carbocycles. The fraction of sp³-hybridized carbons (Fsp3) is 0.625. The molecule has 0 radical (unpaired) electrons. The number of aliphatic hydroxyl groups excluding tert-OH is 1. The topological polar surface area (TPSA) is 41.5 Å². The van der Waals surface area contributed by atoms with Crippen molar-refractivity contribution in [2.24, 2.45) is 5.92 Å². The van der Waals surface area contributed by atoms with E-state index in [1.54, 1.807) is 7.11 Å². The smallest absolute Gasteiger partial charge is 0.124 e. The van der Waals surface area contributed by atoms with E-state index in [1.807, 2.05) is 25.1 Å². The number of hydrogen-bond donors (Lipinski definition) is 2. The van der Waals surface area contributed by atoms with Gasteiger partial charge in [0.15, 0.2) is 0 Å². The van der Waals surface area contributed by atoms with Gasteiger partial charge in [-0.3, -0.25) is 0 Å². The van der Waals surface area contributed by atoms with Gasteiger partial charge < -0.3 is 15.2 Å². The van der Waals surface area contributed by atoms with Crippen molar-refractivity contribution in [3.05, 3.63) is 29.3 Å². The van der Waals surface area contributed by atoms with Crippen molar-refractivity contribution in [3.8, 4) is 5.75 Å². The molecule has 3 heteroatoms. The number of rotatable bonds is 5. The molecule has 0 heterocycles. The van der Waals surface area contributed by atoms with Gasteiger partial charge in [0.1, 0.15) is 5.75 Å². The average Bonchev–Trinajstić information content (AvgIpc) is 2.81. The van der Waals surface area contributed by atoms with Gasteiger partial charge in [-0.05, 0) is 44.2 Å². The Morgan fingerprint density at radius 3 is 2.84 bits per heavy atom. The lowest BCUT2D eigenvalue weighted by atomic mass is 10.0. The van der Waals surface area contributed by atoms with Gasteiger partial charge in [-0.25, -0.2) is 0 Å². The molecule has 1 aromatic carbocycles. The summed E-state index contributed by atoms with van der Waals surface area (Å²) in [5.41, 5.74) is 2.02. The fourth-order valence-electron chi connectivity index (χ4n) is 2.89. The molecule has 3 nitrogen and oxygen atoms in total. The monoisotopic (exact) mass is 263 g/mol. The number of hydrogen-bond acceptors (Lipinski definition) is 3. The minimum absolute atomic E-state index is 0.509. The minimum Gasteiger partial charge on any atom is -0.496 e. The first-order valence-electron chi connectivity index (χ1n) is 7.16. The second-order valence-electron chi connectivity index (χ2n) is 5.78. The van der Waals surface area contributed by atoms with Crippen LogP contribution in [-0.4, -0.2) is 24.8 Å². The first kappa shape index (κ1) is 14.4. The standard InChI is InChI=1S/C16H25NO2/c1-11-4-6-13(8-11)17-10-15(18)14-9-12(2)5-7-16(14)19-3/h5,7,9,11,13,15,17-18H,4,6,8,10H2,1-3H3.